The van der Waals surface area contributed by atoms with Crippen LogP contribution < -0.4 is 0 Å². The molecular weight excluding hydrogens is 240 g/mol. The van der Waals surface area contributed by atoms with Crippen molar-refractivity contribution in [3.63, 3.8) is 0 Å². The standard InChI is InChI=1S/C12H10O6/c1-16-11(14)7-5-6-3-4-18-10(6)9(13)8(7)12(15)17-2/h3-5,13H,1-2H3. The minimum absolute atomic E-state index is 0.0734. The highest BCUT2D eigenvalue weighted by Crippen LogP contribution is 2.33. The lowest BCUT2D eigenvalue weighted by Crippen LogP contribution is -2.12. The van der Waals surface area contributed by atoms with Crippen molar-refractivity contribution >= 4 is 22.9 Å². The summed E-state index contributed by atoms with van der Waals surface area (Å²) in [5, 5.41) is 10.4. The smallest absolute Gasteiger partial charge is 0.342 e. The zero-order chi connectivity index (χ0) is 13.3. The number of phenols is 1. The first kappa shape index (κ1) is 12.0. The molecule has 94 valence electrons. The van der Waals surface area contributed by atoms with E-state index in [0.29, 0.717) is 5.39 Å². The van der Waals surface area contributed by atoms with Crippen molar-refractivity contribution < 1.29 is 28.6 Å². The number of carbonyl (C=O) groups excluding carboxylic acids is 2. The van der Waals surface area contributed by atoms with Crippen LogP contribution >= 0.6 is 0 Å². The first-order valence-corrected chi connectivity index (χ1v) is 5.00. The minimum Gasteiger partial charge on any atom is -0.504 e. The number of aromatic hydroxyl groups is 1. The van der Waals surface area contributed by atoms with Crippen molar-refractivity contribution in [2.24, 2.45) is 0 Å². The van der Waals surface area contributed by atoms with E-state index in [4.69, 9.17) is 4.42 Å². The lowest BCUT2D eigenvalue weighted by molar-refractivity contribution is 0.0552. The van der Waals surface area contributed by atoms with Crippen molar-refractivity contribution in [2.75, 3.05) is 14.2 Å². The van der Waals surface area contributed by atoms with E-state index in [2.05, 4.69) is 9.47 Å². The molecule has 0 bridgehead atoms. The second-order valence-corrected chi connectivity index (χ2v) is 3.47. The summed E-state index contributed by atoms with van der Waals surface area (Å²) in [5.41, 5.74) is -0.231. The molecule has 0 amide bonds. The summed E-state index contributed by atoms with van der Waals surface area (Å²) < 4.78 is 14.1. The van der Waals surface area contributed by atoms with Gasteiger partial charge >= 0.3 is 11.9 Å². The van der Waals surface area contributed by atoms with Gasteiger partial charge in [0.05, 0.1) is 26.0 Å². The maximum Gasteiger partial charge on any atom is 0.342 e. The summed E-state index contributed by atoms with van der Waals surface area (Å²) in [6.45, 7) is 0. The molecule has 2 aromatic rings. The molecule has 0 unspecified atom stereocenters. The van der Waals surface area contributed by atoms with Crippen LogP contribution in [0.5, 0.6) is 5.75 Å². The van der Waals surface area contributed by atoms with Gasteiger partial charge in [-0.25, -0.2) is 9.59 Å². The fourth-order valence-electron chi connectivity index (χ4n) is 1.67. The first-order chi connectivity index (χ1) is 8.60. The summed E-state index contributed by atoms with van der Waals surface area (Å²) in [6, 6.07) is 2.96. The Morgan fingerprint density at radius 2 is 1.89 bits per heavy atom. The highest BCUT2D eigenvalue weighted by molar-refractivity contribution is 6.09. The number of rotatable bonds is 2. The van der Waals surface area contributed by atoms with Gasteiger partial charge in [-0.15, -0.1) is 0 Å². The SMILES string of the molecule is COC(=O)c1cc2ccoc2c(O)c1C(=O)OC. The van der Waals surface area contributed by atoms with Crippen molar-refractivity contribution in [1.82, 2.24) is 0 Å². The highest BCUT2D eigenvalue weighted by atomic mass is 16.5. The summed E-state index contributed by atoms with van der Waals surface area (Å²) in [7, 11) is 2.33. The van der Waals surface area contributed by atoms with Gasteiger partial charge in [0.15, 0.2) is 11.3 Å². The monoisotopic (exact) mass is 250 g/mol. The van der Waals surface area contributed by atoms with Crippen molar-refractivity contribution in [3.8, 4) is 5.75 Å². The Balaban J connectivity index is 2.80. The van der Waals surface area contributed by atoms with E-state index in [1.165, 1.54) is 19.4 Å². The maximum atomic E-state index is 11.6. The van der Waals surface area contributed by atoms with E-state index in [-0.39, 0.29) is 16.7 Å². The van der Waals surface area contributed by atoms with Crippen LogP contribution in [0.3, 0.4) is 0 Å². The molecule has 1 aromatic heterocycles. The van der Waals surface area contributed by atoms with Crippen LogP contribution in [-0.4, -0.2) is 31.3 Å². The lowest BCUT2D eigenvalue weighted by Gasteiger charge is -2.08. The summed E-state index contributed by atoms with van der Waals surface area (Å²) in [6.07, 6.45) is 1.34. The summed E-state index contributed by atoms with van der Waals surface area (Å²) in [4.78, 5) is 23.2. The fourth-order valence-corrected chi connectivity index (χ4v) is 1.67. The van der Waals surface area contributed by atoms with Crippen LogP contribution in [-0.2, 0) is 9.47 Å². The fraction of sp³-hybridized carbons (Fsp3) is 0.167. The Hall–Kier alpha value is -2.50. The van der Waals surface area contributed by atoms with Crippen LogP contribution in [0.1, 0.15) is 20.7 Å². The maximum absolute atomic E-state index is 11.6. The number of phenolic OH excluding ortho intramolecular Hbond substituents is 1. The number of benzene rings is 1. The number of esters is 2. The Morgan fingerprint density at radius 3 is 2.50 bits per heavy atom. The number of furan rings is 1. The highest BCUT2D eigenvalue weighted by Gasteiger charge is 2.26. The molecule has 1 heterocycles. The number of carbonyl (C=O) groups is 2. The van der Waals surface area contributed by atoms with E-state index in [0.717, 1.165) is 7.11 Å². The summed E-state index contributed by atoms with van der Waals surface area (Å²) >= 11 is 0. The van der Waals surface area contributed by atoms with E-state index in [9.17, 15) is 14.7 Å². The average molecular weight is 250 g/mol. The second kappa shape index (κ2) is 4.40. The molecular formula is C12H10O6. The number of ether oxygens (including phenoxy) is 2. The van der Waals surface area contributed by atoms with Crippen molar-refractivity contribution in [1.29, 1.82) is 0 Å². The van der Waals surface area contributed by atoms with Gasteiger partial charge in [0.1, 0.15) is 5.56 Å². The number of methoxy groups -OCH3 is 2. The largest absolute Gasteiger partial charge is 0.504 e. The van der Waals surface area contributed by atoms with E-state index in [1.54, 1.807) is 6.07 Å². The molecule has 0 spiro atoms. The van der Waals surface area contributed by atoms with Gasteiger partial charge in [-0.2, -0.15) is 0 Å². The molecule has 0 fully saturated rings. The van der Waals surface area contributed by atoms with Gasteiger partial charge in [-0.1, -0.05) is 0 Å². The van der Waals surface area contributed by atoms with Crippen LogP contribution in [0.2, 0.25) is 0 Å². The summed E-state index contributed by atoms with van der Waals surface area (Å²) in [5.74, 6) is -2.02. The quantitative estimate of drug-likeness (QED) is 0.816. The molecule has 6 nitrogen and oxygen atoms in total. The van der Waals surface area contributed by atoms with Gasteiger partial charge in [0, 0.05) is 5.39 Å². The predicted octanol–water partition coefficient (Wildman–Crippen LogP) is 1.71. The van der Waals surface area contributed by atoms with Crippen molar-refractivity contribution in [3.05, 3.63) is 29.5 Å². The third-order valence-electron chi connectivity index (χ3n) is 2.51. The second-order valence-electron chi connectivity index (χ2n) is 3.47. The van der Waals surface area contributed by atoms with Gasteiger partial charge in [0.25, 0.3) is 0 Å². The van der Waals surface area contributed by atoms with E-state index in [1.807, 2.05) is 0 Å². The third kappa shape index (κ3) is 1.67. The average Bonchev–Trinajstić information content (AvgIpc) is 2.85. The molecule has 0 saturated carbocycles. The Bertz CT molecular complexity index is 625. The lowest BCUT2D eigenvalue weighted by atomic mass is 10.0. The Kier molecular flexibility index (Phi) is 2.93. The topological polar surface area (TPSA) is 86.0 Å². The zero-order valence-electron chi connectivity index (χ0n) is 9.72. The molecule has 0 saturated heterocycles. The normalized spacial score (nSPS) is 10.3. The van der Waals surface area contributed by atoms with Crippen LogP contribution in [0, 0.1) is 0 Å². The van der Waals surface area contributed by atoms with Gasteiger partial charge in [-0.3, -0.25) is 0 Å². The Morgan fingerprint density at radius 1 is 1.22 bits per heavy atom. The van der Waals surface area contributed by atoms with Crippen LogP contribution in [0.25, 0.3) is 11.0 Å². The van der Waals surface area contributed by atoms with Crippen molar-refractivity contribution in [2.45, 2.75) is 0 Å². The van der Waals surface area contributed by atoms with Gasteiger partial charge < -0.3 is 19.0 Å². The first-order valence-electron chi connectivity index (χ1n) is 5.00. The molecule has 0 aliphatic heterocycles. The molecule has 6 heteroatoms. The number of hydrogen-bond acceptors (Lipinski definition) is 6. The molecule has 0 radical (unpaired) electrons. The zero-order valence-corrected chi connectivity index (χ0v) is 9.72. The molecule has 1 aromatic carbocycles. The third-order valence-corrected chi connectivity index (χ3v) is 2.51. The van der Waals surface area contributed by atoms with Crippen LogP contribution in [0.4, 0.5) is 0 Å². The van der Waals surface area contributed by atoms with Gasteiger partial charge in [0.2, 0.25) is 0 Å². The number of fused-ring (bicyclic) bond motifs is 1. The number of hydrogen-bond donors (Lipinski definition) is 1. The predicted molar refractivity (Wildman–Crippen MR) is 60.6 cm³/mol. The molecule has 18 heavy (non-hydrogen) atoms. The molecule has 1 N–H and O–H groups in total. The molecule has 0 atom stereocenters. The minimum atomic E-state index is -0.841. The van der Waals surface area contributed by atoms with Gasteiger partial charge in [-0.05, 0) is 12.1 Å². The van der Waals surface area contributed by atoms with E-state index < -0.39 is 17.7 Å². The van der Waals surface area contributed by atoms with Crippen LogP contribution in [0.15, 0.2) is 22.8 Å². The van der Waals surface area contributed by atoms with E-state index >= 15 is 0 Å². The Labute approximate surface area is 102 Å². The molecule has 0 aliphatic rings. The molecule has 0 aliphatic carbocycles. The molecule has 2 rings (SSSR count).